The first kappa shape index (κ1) is 35.5. The Morgan fingerprint density at radius 2 is 1.12 bits per heavy atom. The van der Waals surface area contributed by atoms with Crippen molar-refractivity contribution < 1.29 is 55.4 Å². The summed E-state index contributed by atoms with van der Waals surface area (Å²) in [6.07, 6.45) is -10.3. The van der Waals surface area contributed by atoms with Crippen LogP contribution in [0.2, 0.25) is 0 Å². The van der Waals surface area contributed by atoms with Crippen molar-refractivity contribution in [2.45, 2.75) is 105 Å². The molecule has 9 N–H and O–H groups in total. The summed E-state index contributed by atoms with van der Waals surface area (Å²) in [5.41, 5.74) is 5.00. The average molecular weight is 692 g/mol. The van der Waals surface area contributed by atoms with Crippen LogP contribution in [-0.2, 0) is 14.9 Å². The van der Waals surface area contributed by atoms with Gasteiger partial charge in [-0.2, -0.15) is 0 Å². The van der Waals surface area contributed by atoms with Gasteiger partial charge in [-0.3, -0.25) is 4.90 Å². The lowest BCUT2D eigenvalue weighted by atomic mass is 9.70. The molecule has 268 valence electrons. The van der Waals surface area contributed by atoms with Gasteiger partial charge in [0, 0.05) is 35.0 Å². The minimum absolute atomic E-state index is 0.0870. The van der Waals surface area contributed by atoms with E-state index in [1.54, 1.807) is 0 Å². The third-order valence-electron chi connectivity index (χ3n) is 11.5. The molecule has 2 aliphatic carbocycles. The second kappa shape index (κ2) is 13.6. The minimum atomic E-state index is -1.52. The molecule has 2 aromatic rings. The van der Waals surface area contributed by atoms with Gasteiger partial charge in [-0.05, 0) is 72.2 Å². The van der Waals surface area contributed by atoms with E-state index in [1.807, 2.05) is 36.4 Å². The van der Waals surface area contributed by atoms with Gasteiger partial charge in [0.15, 0.2) is 0 Å². The van der Waals surface area contributed by atoms with E-state index in [-0.39, 0.29) is 5.41 Å². The zero-order chi connectivity index (χ0) is 35.5. The van der Waals surface area contributed by atoms with Crippen LogP contribution in [0.25, 0.3) is 11.1 Å². The molecule has 50 heavy (non-hydrogen) atoms. The third kappa shape index (κ3) is 6.07. The highest BCUT2D eigenvalue weighted by atomic mass is 16.5. The van der Waals surface area contributed by atoms with E-state index in [1.165, 1.54) is 0 Å². The molecule has 3 heterocycles. The highest BCUT2D eigenvalue weighted by Crippen LogP contribution is 2.56. The third-order valence-corrected chi connectivity index (χ3v) is 11.5. The maximum Gasteiger partial charge on any atom is 0.147 e. The zero-order valence-electron chi connectivity index (χ0n) is 27.8. The highest BCUT2D eigenvalue weighted by Gasteiger charge is 2.51. The molecule has 12 heteroatoms. The molecule has 0 amide bonds. The van der Waals surface area contributed by atoms with E-state index in [2.05, 4.69) is 35.5 Å². The Morgan fingerprint density at radius 1 is 0.680 bits per heavy atom. The lowest BCUT2D eigenvalue weighted by Crippen LogP contribution is -2.58. The molecule has 3 saturated heterocycles. The van der Waals surface area contributed by atoms with Gasteiger partial charge >= 0.3 is 0 Å². The molecule has 4 fully saturated rings. The molecule has 12 nitrogen and oxygen atoms in total. The fraction of sp³-hybridized carbons (Fsp3) is 0.579. The average Bonchev–Trinajstić information content (AvgIpc) is 3.84. The number of nitrogens with zero attached hydrogens (tertiary/aromatic N) is 1. The van der Waals surface area contributed by atoms with E-state index in [4.69, 9.17) is 9.47 Å². The number of aliphatic hydroxyl groups is 9. The Labute approximate surface area is 290 Å². The van der Waals surface area contributed by atoms with Crippen LogP contribution >= 0.6 is 0 Å². The van der Waals surface area contributed by atoms with Crippen molar-refractivity contribution in [3.8, 4) is 34.8 Å². The summed E-state index contributed by atoms with van der Waals surface area (Å²) >= 11 is 0. The summed E-state index contributed by atoms with van der Waals surface area (Å²) in [5.74, 6) is 11.9. The first-order chi connectivity index (χ1) is 23.9. The van der Waals surface area contributed by atoms with Gasteiger partial charge in [0.05, 0.1) is 13.2 Å². The van der Waals surface area contributed by atoms with E-state index in [0.29, 0.717) is 37.1 Å². The van der Waals surface area contributed by atoms with Gasteiger partial charge in [0.2, 0.25) is 0 Å². The van der Waals surface area contributed by atoms with E-state index in [0.717, 1.165) is 35.1 Å². The summed E-state index contributed by atoms with van der Waals surface area (Å²) in [6, 6.07) is 11.8. The van der Waals surface area contributed by atoms with Gasteiger partial charge in [-0.15, -0.1) is 0 Å². The normalized spacial score (nSPS) is 36.0. The van der Waals surface area contributed by atoms with Crippen molar-refractivity contribution in [3.05, 3.63) is 58.7 Å². The van der Waals surface area contributed by atoms with E-state index >= 15 is 0 Å². The predicted octanol–water partition coefficient (Wildman–Crippen LogP) is -1.44. The summed E-state index contributed by atoms with van der Waals surface area (Å²) in [7, 11) is 0. The van der Waals surface area contributed by atoms with Crippen LogP contribution in [0.3, 0.4) is 0 Å². The number of aliphatic hydroxyl groups excluding tert-OH is 9. The second-order valence-electron chi connectivity index (χ2n) is 14.7. The predicted molar refractivity (Wildman–Crippen MR) is 178 cm³/mol. The SMILES string of the molecule is CC1(C(O)N2CCC3(CC2)c2cc(C#C[C@H]4O[C@H](CO)[C@@H](O)[C@H](O)[C@@H]4O)ccc2-c2ccc(C#C[C@H]4O[C@H](CO)[C@@H](O)[C@H](O)[C@@H]4O)cc23)CC1. The lowest BCUT2D eigenvalue weighted by Gasteiger charge is -2.44. The topological polar surface area (TPSA) is 204 Å². The van der Waals surface area contributed by atoms with Gasteiger partial charge in [-0.25, -0.2) is 0 Å². The van der Waals surface area contributed by atoms with Gasteiger partial charge in [0.25, 0.3) is 0 Å². The Hall–Kier alpha value is -2.92. The molecule has 0 aromatic heterocycles. The molecule has 7 rings (SSSR count). The van der Waals surface area contributed by atoms with Crippen molar-refractivity contribution in [1.82, 2.24) is 4.90 Å². The Bertz CT molecular complexity index is 1600. The first-order valence-corrected chi connectivity index (χ1v) is 17.3. The van der Waals surface area contributed by atoms with Crippen molar-refractivity contribution in [3.63, 3.8) is 0 Å². The van der Waals surface area contributed by atoms with Crippen molar-refractivity contribution >= 4 is 0 Å². The standard InChI is InChI=1S/C38H45NO11/c1-37(10-11-37)36(48)39-14-12-38(13-15-39)24-16-20(4-8-26-30(42)34(46)32(44)28(18-40)49-26)2-6-22(24)23-7-3-21(17-25(23)38)5-9-27-31(43)35(47)33(45)29(19-41)50-27/h2-3,6-7,16-17,26-36,40-48H,10-15,18-19H2,1H3/t26-,27-,28-,29-,30-,31-,32-,33-,34-,35-,36?/m1/s1. The van der Waals surface area contributed by atoms with Gasteiger partial charge < -0.3 is 55.4 Å². The van der Waals surface area contributed by atoms with Crippen LogP contribution in [0.5, 0.6) is 0 Å². The molecule has 0 bridgehead atoms. The van der Waals surface area contributed by atoms with Crippen molar-refractivity contribution in [2.75, 3.05) is 26.3 Å². The highest BCUT2D eigenvalue weighted by molar-refractivity contribution is 5.82. The number of hydrogen-bond donors (Lipinski definition) is 9. The number of hydrogen-bond acceptors (Lipinski definition) is 12. The number of ether oxygens (including phenoxy) is 2. The van der Waals surface area contributed by atoms with E-state index < -0.39 is 85.9 Å². The summed E-state index contributed by atoms with van der Waals surface area (Å²) in [6.45, 7) is 2.36. The number of rotatable bonds is 4. The van der Waals surface area contributed by atoms with Crippen molar-refractivity contribution in [1.29, 1.82) is 0 Å². The zero-order valence-corrected chi connectivity index (χ0v) is 27.8. The van der Waals surface area contributed by atoms with Crippen LogP contribution in [0, 0.1) is 29.1 Å². The maximum atomic E-state index is 11.2. The molecule has 1 spiro atoms. The Kier molecular flexibility index (Phi) is 9.63. The van der Waals surface area contributed by atoms with Gasteiger partial charge in [0.1, 0.15) is 67.3 Å². The number of fused-ring (bicyclic) bond motifs is 5. The Morgan fingerprint density at radius 3 is 1.52 bits per heavy atom. The molecular weight excluding hydrogens is 646 g/mol. The lowest BCUT2D eigenvalue weighted by molar-refractivity contribution is -0.214. The summed E-state index contributed by atoms with van der Waals surface area (Å²) in [5, 5.41) is 92.1. The van der Waals surface area contributed by atoms with Crippen LogP contribution in [0.1, 0.15) is 54.9 Å². The number of benzene rings is 2. The largest absolute Gasteiger partial charge is 0.394 e. The second-order valence-corrected chi connectivity index (χ2v) is 14.7. The maximum absolute atomic E-state index is 11.2. The molecule has 3 aliphatic heterocycles. The monoisotopic (exact) mass is 691 g/mol. The summed E-state index contributed by atoms with van der Waals surface area (Å²) in [4.78, 5) is 2.15. The summed E-state index contributed by atoms with van der Waals surface area (Å²) < 4.78 is 11.2. The number of piperidine rings is 1. The molecule has 1 saturated carbocycles. The molecule has 5 aliphatic rings. The van der Waals surface area contributed by atoms with Crippen molar-refractivity contribution in [2.24, 2.45) is 5.41 Å². The molecular formula is C38H45NO11. The smallest absolute Gasteiger partial charge is 0.147 e. The fourth-order valence-corrected chi connectivity index (χ4v) is 7.99. The molecule has 2 aromatic carbocycles. The first-order valence-electron chi connectivity index (χ1n) is 17.3. The molecule has 11 atom stereocenters. The minimum Gasteiger partial charge on any atom is -0.394 e. The fourth-order valence-electron chi connectivity index (χ4n) is 7.99. The van der Waals surface area contributed by atoms with E-state index in [9.17, 15) is 46.0 Å². The Balaban J connectivity index is 1.21. The van der Waals surface area contributed by atoms with Gasteiger partial charge in [-0.1, -0.05) is 42.7 Å². The van der Waals surface area contributed by atoms with Crippen LogP contribution in [-0.4, -0.2) is 144 Å². The number of likely N-dealkylation sites (tertiary alicyclic amines) is 1. The van der Waals surface area contributed by atoms with Crippen LogP contribution < -0.4 is 0 Å². The quantitative estimate of drug-likeness (QED) is 0.169. The molecule has 1 unspecified atom stereocenters. The van der Waals surface area contributed by atoms with Crippen LogP contribution in [0.4, 0.5) is 0 Å². The van der Waals surface area contributed by atoms with Crippen LogP contribution in [0.15, 0.2) is 36.4 Å². The molecule has 0 radical (unpaired) electrons.